The van der Waals surface area contributed by atoms with Gasteiger partial charge in [-0.15, -0.1) is 0 Å². The lowest BCUT2D eigenvalue weighted by molar-refractivity contribution is 0.610. The van der Waals surface area contributed by atoms with E-state index in [1.54, 1.807) is 18.2 Å². The van der Waals surface area contributed by atoms with Crippen molar-refractivity contribution in [1.82, 2.24) is 0 Å². The van der Waals surface area contributed by atoms with Crippen molar-refractivity contribution in [2.45, 2.75) is 26.8 Å². The lowest BCUT2D eigenvalue weighted by Gasteiger charge is -1.94. The first kappa shape index (κ1) is 11.1. The minimum Gasteiger partial charge on any atom is -0.326 e. The number of nitrogens with two attached hydrogens (primary N) is 1. The fourth-order valence-electron chi connectivity index (χ4n) is 0.664. The molecular formula is C10H16FN. The van der Waals surface area contributed by atoms with Gasteiger partial charge in [0.2, 0.25) is 0 Å². The molecule has 0 saturated heterocycles. The van der Waals surface area contributed by atoms with Crippen LogP contribution in [0.4, 0.5) is 4.39 Å². The summed E-state index contributed by atoms with van der Waals surface area (Å²) in [6.07, 6.45) is 1.25. The minimum absolute atomic E-state index is 0.222. The second-order valence-electron chi connectivity index (χ2n) is 2.50. The fourth-order valence-corrected chi connectivity index (χ4v) is 0.664. The van der Waals surface area contributed by atoms with Crippen LogP contribution in [0.2, 0.25) is 0 Å². The molecule has 1 aromatic carbocycles. The first-order chi connectivity index (χ1) is 5.76. The van der Waals surface area contributed by atoms with Crippen LogP contribution in [-0.4, -0.2) is 0 Å². The largest absolute Gasteiger partial charge is 0.326 e. The Labute approximate surface area is 73.4 Å². The summed E-state index contributed by atoms with van der Waals surface area (Å²) in [4.78, 5) is 0. The highest BCUT2D eigenvalue weighted by Gasteiger charge is 1.94. The van der Waals surface area contributed by atoms with E-state index in [0.29, 0.717) is 5.56 Å². The van der Waals surface area contributed by atoms with E-state index in [9.17, 15) is 4.39 Å². The van der Waals surface area contributed by atoms with Gasteiger partial charge in [-0.3, -0.25) is 0 Å². The Morgan fingerprint density at radius 2 is 1.75 bits per heavy atom. The van der Waals surface area contributed by atoms with Crippen LogP contribution in [-0.2, 0) is 6.54 Å². The monoisotopic (exact) mass is 169 g/mol. The standard InChI is InChI=1S/C7H8FN.C3H8/c8-7-4-2-1-3-6(7)5-9;1-3-2/h1-4H,5,9H2;3H2,1-2H3. The molecule has 0 aliphatic rings. The van der Waals surface area contributed by atoms with Crippen molar-refractivity contribution in [3.63, 3.8) is 0 Å². The number of halogens is 1. The molecule has 0 saturated carbocycles. The average Bonchev–Trinajstić information content (AvgIpc) is 2.07. The van der Waals surface area contributed by atoms with Crippen LogP contribution in [0.5, 0.6) is 0 Å². The van der Waals surface area contributed by atoms with Crippen molar-refractivity contribution < 1.29 is 4.39 Å². The summed E-state index contributed by atoms with van der Waals surface area (Å²) in [5.41, 5.74) is 5.78. The Kier molecular flexibility index (Phi) is 6.29. The lowest BCUT2D eigenvalue weighted by atomic mass is 10.2. The molecule has 0 fully saturated rings. The summed E-state index contributed by atoms with van der Waals surface area (Å²) >= 11 is 0. The van der Waals surface area contributed by atoms with Gasteiger partial charge in [0.05, 0.1) is 0 Å². The summed E-state index contributed by atoms with van der Waals surface area (Å²) in [7, 11) is 0. The quantitative estimate of drug-likeness (QED) is 0.687. The molecular weight excluding hydrogens is 153 g/mol. The molecule has 0 heterocycles. The Bertz CT molecular complexity index is 211. The number of benzene rings is 1. The van der Waals surface area contributed by atoms with Gasteiger partial charge >= 0.3 is 0 Å². The van der Waals surface area contributed by atoms with Gasteiger partial charge in [-0.2, -0.15) is 0 Å². The molecule has 0 aromatic heterocycles. The summed E-state index contributed by atoms with van der Waals surface area (Å²) in [6.45, 7) is 4.52. The Hall–Kier alpha value is -0.890. The van der Waals surface area contributed by atoms with Crippen molar-refractivity contribution >= 4 is 0 Å². The predicted molar refractivity (Wildman–Crippen MR) is 50.3 cm³/mol. The molecule has 1 nitrogen and oxygen atoms in total. The molecule has 0 radical (unpaired) electrons. The highest BCUT2D eigenvalue weighted by Crippen LogP contribution is 2.03. The summed E-state index contributed by atoms with van der Waals surface area (Å²) in [5, 5.41) is 0. The van der Waals surface area contributed by atoms with Gasteiger partial charge < -0.3 is 5.73 Å². The van der Waals surface area contributed by atoms with Crippen LogP contribution in [0.1, 0.15) is 25.8 Å². The zero-order valence-electron chi connectivity index (χ0n) is 7.68. The van der Waals surface area contributed by atoms with Crippen LogP contribution in [0.25, 0.3) is 0 Å². The Morgan fingerprint density at radius 1 is 1.25 bits per heavy atom. The Balaban J connectivity index is 0.000000354. The van der Waals surface area contributed by atoms with Crippen LogP contribution in [0.3, 0.4) is 0 Å². The third-order valence-corrected chi connectivity index (χ3v) is 1.18. The molecule has 0 atom stereocenters. The maximum absolute atomic E-state index is 12.5. The van der Waals surface area contributed by atoms with Gasteiger partial charge in [-0.25, -0.2) is 4.39 Å². The third kappa shape index (κ3) is 4.09. The van der Waals surface area contributed by atoms with E-state index in [4.69, 9.17) is 5.73 Å². The van der Waals surface area contributed by atoms with E-state index >= 15 is 0 Å². The second kappa shape index (κ2) is 6.80. The average molecular weight is 169 g/mol. The number of hydrogen-bond donors (Lipinski definition) is 1. The molecule has 0 aliphatic heterocycles. The van der Waals surface area contributed by atoms with E-state index in [2.05, 4.69) is 13.8 Å². The summed E-state index contributed by atoms with van der Waals surface area (Å²) < 4.78 is 12.5. The van der Waals surface area contributed by atoms with Crippen molar-refractivity contribution in [3.8, 4) is 0 Å². The summed E-state index contributed by atoms with van der Waals surface area (Å²) in [6, 6.07) is 6.50. The molecule has 68 valence electrons. The Morgan fingerprint density at radius 3 is 2.08 bits per heavy atom. The molecule has 0 bridgehead atoms. The molecule has 2 heteroatoms. The molecule has 2 N–H and O–H groups in total. The lowest BCUT2D eigenvalue weighted by Crippen LogP contribution is -1.98. The van der Waals surface area contributed by atoms with Gasteiger partial charge in [0, 0.05) is 12.1 Å². The first-order valence-corrected chi connectivity index (χ1v) is 4.19. The first-order valence-electron chi connectivity index (χ1n) is 4.19. The van der Waals surface area contributed by atoms with E-state index in [1.807, 2.05) is 0 Å². The number of rotatable bonds is 1. The van der Waals surface area contributed by atoms with Crippen molar-refractivity contribution in [3.05, 3.63) is 35.6 Å². The zero-order chi connectivity index (χ0) is 9.40. The van der Waals surface area contributed by atoms with Crippen molar-refractivity contribution in [1.29, 1.82) is 0 Å². The molecule has 0 spiro atoms. The van der Waals surface area contributed by atoms with Gasteiger partial charge in [0.1, 0.15) is 5.82 Å². The van der Waals surface area contributed by atoms with E-state index in [1.165, 1.54) is 12.5 Å². The minimum atomic E-state index is -0.222. The number of hydrogen-bond acceptors (Lipinski definition) is 1. The fraction of sp³-hybridized carbons (Fsp3) is 0.400. The molecule has 12 heavy (non-hydrogen) atoms. The second-order valence-corrected chi connectivity index (χ2v) is 2.50. The van der Waals surface area contributed by atoms with Gasteiger partial charge in [0.15, 0.2) is 0 Å². The topological polar surface area (TPSA) is 26.0 Å². The molecule has 0 unspecified atom stereocenters. The predicted octanol–water partition coefficient (Wildman–Crippen LogP) is 2.70. The molecule has 0 amide bonds. The highest BCUT2D eigenvalue weighted by atomic mass is 19.1. The van der Waals surface area contributed by atoms with Gasteiger partial charge in [-0.05, 0) is 6.07 Å². The van der Waals surface area contributed by atoms with Gasteiger partial charge in [-0.1, -0.05) is 38.5 Å². The van der Waals surface area contributed by atoms with Crippen LogP contribution < -0.4 is 5.73 Å². The third-order valence-electron chi connectivity index (χ3n) is 1.18. The van der Waals surface area contributed by atoms with Crippen LogP contribution in [0.15, 0.2) is 24.3 Å². The van der Waals surface area contributed by atoms with E-state index in [0.717, 1.165) is 0 Å². The van der Waals surface area contributed by atoms with Gasteiger partial charge in [0.25, 0.3) is 0 Å². The van der Waals surface area contributed by atoms with E-state index in [-0.39, 0.29) is 12.4 Å². The maximum Gasteiger partial charge on any atom is 0.127 e. The maximum atomic E-state index is 12.5. The van der Waals surface area contributed by atoms with E-state index < -0.39 is 0 Å². The molecule has 0 aliphatic carbocycles. The molecule has 1 rings (SSSR count). The molecule has 1 aromatic rings. The SMILES string of the molecule is CCC.NCc1ccccc1F. The smallest absolute Gasteiger partial charge is 0.127 e. The van der Waals surface area contributed by atoms with Crippen molar-refractivity contribution in [2.75, 3.05) is 0 Å². The van der Waals surface area contributed by atoms with Crippen LogP contribution >= 0.6 is 0 Å². The highest BCUT2D eigenvalue weighted by molar-refractivity contribution is 5.16. The normalized spacial score (nSPS) is 8.67. The van der Waals surface area contributed by atoms with Crippen molar-refractivity contribution in [2.24, 2.45) is 5.73 Å². The van der Waals surface area contributed by atoms with Crippen LogP contribution in [0, 0.1) is 5.82 Å². The zero-order valence-corrected chi connectivity index (χ0v) is 7.68. The summed E-state index contributed by atoms with van der Waals surface area (Å²) in [5.74, 6) is -0.222.